The van der Waals surface area contributed by atoms with Crippen LogP contribution >= 0.6 is 11.6 Å². The Bertz CT molecular complexity index is 1280. The van der Waals surface area contributed by atoms with Gasteiger partial charge in [-0.05, 0) is 43.2 Å². The van der Waals surface area contributed by atoms with Crippen molar-refractivity contribution in [1.29, 1.82) is 0 Å². The number of rotatable bonds is 10. The lowest BCUT2D eigenvalue weighted by atomic mass is 9.83. The van der Waals surface area contributed by atoms with Crippen LogP contribution in [0.5, 0.6) is 0 Å². The Morgan fingerprint density at radius 3 is 2.68 bits per heavy atom. The second-order valence-corrected chi connectivity index (χ2v) is 10.8. The van der Waals surface area contributed by atoms with Crippen LogP contribution in [0.25, 0.3) is 22.3 Å². The lowest BCUT2D eigenvalue weighted by Gasteiger charge is -2.29. The molecule has 2 N–H and O–H groups in total. The van der Waals surface area contributed by atoms with Crippen LogP contribution in [0.2, 0.25) is 5.02 Å². The SMILES string of the molecule is CCCN(CCOC)c1nc2cc(C3NOC(=O)N3)nc(-c3cncc(Cl)c3)c2n1CC1CCC(C)CC1. The molecule has 0 spiro atoms. The number of pyridine rings is 2. The number of amides is 1. The number of ether oxygens (including phenoxy) is 1. The van der Waals surface area contributed by atoms with E-state index < -0.39 is 12.3 Å². The number of hydrogen-bond acceptors (Lipinski definition) is 8. The molecule has 3 aromatic heterocycles. The fraction of sp³-hybridized carbons (Fsp3) is 0.556. The molecule has 1 atom stereocenters. The molecule has 0 radical (unpaired) electrons. The molecular weight excluding hydrogens is 506 g/mol. The van der Waals surface area contributed by atoms with E-state index in [-0.39, 0.29) is 0 Å². The average Bonchev–Trinajstić information content (AvgIpc) is 3.51. The summed E-state index contributed by atoms with van der Waals surface area (Å²) < 4.78 is 7.78. The molecule has 1 aliphatic carbocycles. The molecule has 2 fully saturated rings. The first-order valence-electron chi connectivity index (χ1n) is 13.5. The van der Waals surface area contributed by atoms with Gasteiger partial charge in [0.05, 0.1) is 34.1 Å². The third-order valence-electron chi connectivity index (χ3n) is 7.45. The van der Waals surface area contributed by atoms with E-state index in [0.29, 0.717) is 23.2 Å². The van der Waals surface area contributed by atoms with Crippen molar-refractivity contribution >= 4 is 34.7 Å². The Balaban J connectivity index is 1.69. The summed E-state index contributed by atoms with van der Waals surface area (Å²) >= 11 is 6.37. The first-order chi connectivity index (χ1) is 18.5. The molecule has 11 heteroatoms. The van der Waals surface area contributed by atoms with Gasteiger partial charge in [0.1, 0.15) is 0 Å². The molecule has 0 bridgehead atoms. The Hall–Kier alpha value is -2.95. The number of halogens is 1. The molecule has 1 amide bonds. The summed E-state index contributed by atoms with van der Waals surface area (Å²) in [5.74, 6) is 2.24. The zero-order valence-electron chi connectivity index (χ0n) is 22.2. The normalized spacial score (nSPS) is 21.5. The van der Waals surface area contributed by atoms with Crippen molar-refractivity contribution in [1.82, 2.24) is 30.3 Å². The number of aromatic nitrogens is 4. The minimum atomic E-state index is -0.591. The second-order valence-electron chi connectivity index (χ2n) is 10.4. The molecule has 1 saturated heterocycles. The second kappa shape index (κ2) is 11.8. The number of anilines is 1. The minimum Gasteiger partial charge on any atom is -0.383 e. The van der Waals surface area contributed by atoms with Gasteiger partial charge in [0, 0.05) is 44.7 Å². The van der Waals surface area contributed by atoms with E-state index in [0.717, 1.165) is 60.2 Å². The van der Waals surface area contributed by atoms with Crippen LogP contribution < -0.4 is 15.7 Å². The van der Waals surface area contributed by atoms with Crippen LogP contribution in [0, 0.1) is 11.8 Å². The zero-order valence-corrected chi connectivity index (χ0v) is 23.0. The first-order valence-corrected chi connectivity index (χ1v) is 13.8. The van der Waals surface area contributed by atoms with E-state index in [1.165, 1.54) is 25.7 Å². The summed E-state index contributed by atoms with van der Waals surface area (Å²) in [6.07, 6.45) is 8.10. The lowest BCUT2D eigenvalue weighted by Crippen LogP contribution is -2.31. The maximum atomic E-state index is 11.8. The average molecular weight is 542 g/mol. The third kappa shape index (κ3) is 5.72. The van der Waals surface area contributed by atoms with Gasteiger partial charge in [-0.3, -0.25) is 10.3 Å². The Morgan fingerprint density at radius 1 is 1.18 bits per heavy atom. The maximum absolute atomic E-state index is 11.8. The number of nitrogens with zero attached hydrogens (tertiary/aromatic N) is 5. The van der Waals surface area contributed by atoms with Gasteiger partial charge in [-0.15, -0.1) is 5.48 Å². The van der Waals surface area contributed by atoms with E-state index in [9.17, 15) is 4.79 Å². The van der Waals surface area contributed by atoms with E-state index in [1.54, 1.807) is 19.5 Å². The van der Waals surface area contributed by atoms with Crippen molar-refractivity contribution in [2.45, 2.75) is 58.7 Å². The van der Waals surface area contributed by atoms with E-state index >= 15 is 0 Å². The Labute approximate surface area is 228 Å². The fourth-order valence-electron chi connectivity index (χ4n) is 5.44. The van der Waals surface area contributed by atoms with E-state index in [4.69, 9.17) is 31.1 Å². The molecule has 38 heavy (non-hydrogen) atoms. The fourth-order valence-corrected chi connectivity index (χ4v) is 5.62. The van der Waals surface area contributed by atoms with Crippen molar-refractivity contribution in [3.05, 3.63) is 35.2 Å². The van der Waals surface area contributed by atoms with Gasteiger partial charge in [-0.2, -0.15) is 0 Å². The van der Waals surface area contributed by atoms with Crippen LogP contribution in [-0.4, -0.2) is 52.4 Å². The highest BCUT2D eigenvalue weighted by Crippen LogP contribution is 2.37. The van der Waals surface area contributed by atoms with Crippen molar-refractivity contribution < 1.29 is 14.4 Å². The predicted molar refractivity (Wildman–Crippen MR) is 147 cm³/mol. The topological polar surface area (TPSA) is 106 Å². The van der Waals surface area contributed by atoms with Crippen LogP contribution in [0.3, 0.4) is 0 Å². The van der Waals surface area contributed by atoms with Crippen LogP contribution in [0.4, 0.5) is 10.7 Å². The monoisotopic (exact) mass is 541 g/mol. The highest BCUT2D eigenvalue weighted by molar-refractivity contribution is 6.30. The Kier molecular flexibility index (Phi) is 8.30. The molecule has 5 rings (SSSR count). The van der Waals surface area contributed by atoms with Gasteiger partial charge in [-0.25, -0.2) is 14.8 Å². The van der Waals surface area contributed by atoms with Gasteiger partial charge in [0.2, 0.25) is 5.95 Å². The highest BCUT2D eigenvalue weighted by atomic mass is 35.5. The number of carbonyl (C=O) groups is 1. The number of methoxy groups -OCH3 is 1. The molecule has 2 aliphatic rings. The number of hydrogen-bond donors (Lipinski definition) is 2. The van der Waals surface area contributed by atoms with E-state index in [2.05, 4.69) is 39.1 Å². The molecule has 4 heterocycles. The largest absolute Gasteiger partial charge is 0.427 e. The molecule has 1 aliphatic heterocycles. The summed E-state index contributed by atoms with van der Waals surface area (Å²) in [5.41, 5.74) is 6.56. The van der Waals surface area contributed by atoms with Crippen molar-refractivity contribution in [3.8, 4) is 11.3 Å². The predicted octanol–water partition coefficient (Wildman–Crippen LogP) is 5.08. The number of fused-ring (bicyclic) bond motifs is 1. The van der Waals surface area contributed by atoms with Crippen LogP contribution in [0.1, 0.15) is 57.8 Å². The molecule has 204 valence electrons. The summed E-state index contributed by atoms with van der Waals surface area (Å²) in [4.78, 5) is 33.5. The van der Waals surface area contributed by atoms with Gasteiger partial charge < -0.3 is 19.0 Å². The van der Waals surface area contributed by atoms with Crippen LogP contribution in [-0.2, 0) is 16.1 Å². The zero-order chi connectivity index (χ0) is 26.6. The quantitative estimate of drug-likeness (QED) is 0.366. The molecule has 10 nitrogen and oxygen atoms in total. The van der Waals surface area contributed by atoms with Gasteiger partial charge in [0.15, 0.2) is 6.17 Å². The summed E-state index contributed by atoms with van der Waals surface area (Å²) in [5, 5.41) is 3.28. The van der Waals surface area contributed by atoms with Gasteiger partial charge in [-0.1, -0.05) is 38.3 Å². The highest BCUT2D eigenvalue weighted by Gasteiger charge is 2.29. The standard InChI is InChI=1S/C27H36ClN7O3/c1-4-9-34(10-11-37-3)26-31-21-13-22(25-32-27(36)38-33-25)30-23(19-12-20(28)15-29-14-19)24(21)35(26)16-18-7-5-17(2)6-8-18/h12-15,17-18,25,33H,4-11,16H2,1-3H3,(H,32,36). The van der Waals surface area contributed by atoms with Gasteiger partial charge >= 0.3 is 6.09 Å². The molecular formula is C27H36ClN7O3. The molecule has 1 saturated carbocycles. The first kappa shape index (κ1) is 26.6. The van der Waals surface area contributed by atoms with Crippen molar-refractivity contribution in [2.75, 3.05) is 31.7 Å². The van der Waals surface area contributed by atoms with Crippen molar-refractivity contribution in [3.63, 3.8) is 0 Å². The number of imidazole rings is 1. The van der Waals surface area contributed by atoms with E-state index in [1.807, 2.05) is 12.1 Å². The summed E-state index contributed by atoms with van der Waals surface area (Å²) in [7, 11) is 1.72. The number of carbonyl (C=O) groups excluding carboxylic acids is 1. The van der Waals surface area contributed by atoms with Crippen molar-refractivity contribution in [2.24, 2.45) is 11.8 Å². The van der Waals surface area contributed by atoms with Gasteiger partial charge in [0.25, 0.3) is 0 Å². The molecule has 3 aromatic rings. The summed E-state index contributed by atoms with van der Waals surface area (Å²) in [6.45, 7) is 7.57. The minimum absolute atomic E-state index is 0.527. The van der Waals surface area contributed by atoms with Crippen LogP contribution in [0.15, 0.2) is 24.5 Å². The summed E-state index contributed by atoms with van der Waals surface area (Å²) in [6, 6.07) is 3.79. The molecule has 1 unspecified atom stereocenters. The third-order valence-corrected chi connectivity index (χ3v) is 7.65. The smallest absolute Gasteiger partial charge is 0.383 e. The lowest BCUT2D eigenvalue weighted by molar-refractivity contribution is 0.121. The number of nitrogens with one attached hydrogen (secondary N) is 2. The maximum Gasteiger partial charge on any atom is 0.427 e. The number of hydroxylamine groups is 1. The Morgan fingerprint density at radius 2 is 2.00 bits per heavy atom. The molecule has 0 aromatic carbocycles.